The van der Waals surface area contributed by atoms with Crippen molar-refractivity contribution in [2.45, 2.75) is 157 Å². The molecule has 3 aliphatic carbocycles. The molecular formula is C30H60. The highest BCUT2D eigenvalue weighted by molar-refractivity contribution is 4.72. The van der Waals surface area contributed by atoms with Crippen LogP contribution in [-0.2, 0) is 0 Å². The van der Waals surface area contributed by atoms with Gasteiger partial charge in [-0.05, 0) is 35.5 Å². The second kappa shape index (κ2) is 17.5. The van der Waals surface area contributed by atoms with Crippen molar-refractivity contribution in [1.29, 1.82) is 0 Å². The summed E-state index contributed by atoms with van der Waals surface area (Å²) in [5.74, 6) is 6.43. The molecule has 30 heavy (non-hydrogen) atoms. The highest BCUT2D eigenvalue weighted by atomic mass is 14.2. The van der Waals surface area contributed by atoms with Gasteiger partial charge in [-0.15, -0.1) is 0 Å². The van der Waals surface area contributed by atoms with E-state index < -0.39 is 0 Å². The molecule has 0 aromatic rings. The zero-order chi connectivity index (χ0) is 22.2. The molecule has 0 heteroatoms. The van der Waals surface area contributed by atoms with Gasteiger partial charge in [0.1, 0.15) is 0 Å². The SMILES string of the molecule is CCC1CCC(CC)CC1.CCC1CCC(CC)CC1.CCC1CCC(CC)CC1. The van der Waals surface area contributed by atoms with E-state index in [0.29, 0.717) is 0 Å². The van der Waals surface area contributed by atoms with Gasteiger partial charge in [-0.1, -0.05) is 157 Å². The Balaban J connectivity index is 0.000000225. The molecule has 0 atom stereocenters. The van der Waals surface area contributed by atoms with E-state index in [0.717, 1.165) is 35.5 Å². The first-order valence-electron chi connectivity index (χ1n) is 14.6. The maximum Gasteiger partial charge on any atom is -0.0417 e. The van der Waals surface area contributed by atoms with Crippen molar-refractivity contribution < 1.29 is 0 Å². The summed E-state index contributed by atoms with van der Waals surface area (Å²) < 4.78 is 0. The number of rotatable bonds is 6. The average Bonchev–Trinajstić information content (AvgIpc) is 2.85. The first-order chi connectivity index (χ1) is 14.6. The standard InChI is InChI=1S/3C10H20/c3*1-3-9-5-7-10(4-2)8-6-9/h3*9-10H,3-8H2,1-2H3. The Hall–Kier alpha value is 0. The van der Waals surface area contributed by atoms with Crippen molar-refractivity contribution in [3.8, 4) is 0 Å². The van der Waals surface area contributed by atoms with Gasteiger partial charge in [0.15, 0.2) is 0 Å². The van der Waals surface area contributed by atoms with E-state index in [9.17, 15) is 0 Å². The summed E-state index contributed by atoms with van der Waals surface area (Å²) in [7, 11) is 0. The van der Waals surface area contributed by atoms with Gasteiger partial charge in [-0.2, -0.15) is 0 Å². The van der Waals surface area contributed by atoms with Gasteiger partial charge < -0.3 is 0 Å². The quantitative estimate of drug-likeness (QED) is 0.400. The molecule has 180 valence electrons. The first-order valence-corrected chi connectivity index (χ1v) is 14.6. The predicted octanol–water partition coefficient (Wildman–Crippen LogP) is 10.8. The molecule has 0 nitrogen and oxygen atoms in total. The van der Waals surface area contributed by atoms with Crippen LogP contribution in [0.5, 0.6) is 0 Å². The van der Waals surface area contributed by atoms with Crippen LogP contribution in [0.2, 0.25) is 0 Å². The van der Waals surface area contributed by atoms with Gasteiger partial charge in [0, 0.05) is 0 Å². The Labute approximate surface area is 192 Å². The Morgan fingerprint density at radius 3 is 0.433 bits per heavy atom. The largest absolute Gasteiger partial charge is 0.0651 e. The number of hydrogen-bond donors (Lipinski definition) is 0. The van der Waals surface area contributed by atoms with Crippen molar-refractivity contribution in [2.24, 2.45) is 35.5 Å². The molecule has 0 heterocycles. The molecule has 3 saturated carbocycles. The Kier molecular flexibility index (Phi) is 16.4. The van der Waals surface area contributed by atoms with Gasteiger partial charge in [-0.25, -0.2) is 0 Å². The van der Waals surface area contributed by atoms with Gasteiger partial charge in [0.2, 0.25) is 0 Å². The molecule has 3 fully saturated rings. The molecule has 3 rings (SSSR count). The average molecular weight is 421 g/mol. The van der Waals surface area contributed by atoms with Crippen molar-refractivity contribution in [3.05, 3.63) is 0 Å². The van der Waals surface area contributed by atoms with Crippen LogP contribution < -0.4 is 0 Å². The van der Waals surface area contributed by atoms with E-state index in [1.165, 1.54) is 116 Å². The summed E-state index contributed by atoms with van der Waals surface area (Å²) in [4.78, 5) is 0. The molecular weight excluding hydrogens is 360 g/mol. The highest BCUT2D eigenvalue weighted by Gasteiger charge is 2.19. The monoisotopic (exact) mass is 420 g/mol. The van der Waals surface area contributed by atoms with Gasteiger partial charge in [-0.3, -0.25) is 0 Å². The summed E-state index contributed by atoms with van der Waals surface area (Å²) in [5.41, 5.74) is 0. The minimum atomic E-state index is 1.07. The van der Waals surface area contributed by atoms with E-state index >= 15 is 0 Å². The molecule has 0 saturated heterocycles. The lowest BCUT2D eigenvalue weighted by Crippen LogP contribution is -2.12. The minimum Gasteiger partial charge on any atom is -0.0651 e. The van der Waals surface area contributed by atoms with Crippen molar-refractivity contribution in [3.63, 3.8) is 0 Å². The molecule has 0 bridgehead atoms. The van der Waals surface area contributed by atoms with Crippen LogP contribution in [0.15, 0.2) is 0 Å². The van der Waals surface area contributed by atoms with E-state index in [4.69, 9.17) is 0 Å². The van der Waals surface area contributed by atoms with E-state index in [-0.39, 0.29) is 0 Å². The fourth-order valence-corrected chi connectivity index (χ4v) is 6.14. The zero-order valence-corrected chi connectivity index (χ0v) is 22.2. The summed E-state index contributed by atoms with van der Waals surface area (Å²) in [6, 6.07) is 0. The van der Waals surface area contributed by atoms with Gasteiger partial charge >= 0.3 is 0 Å². The molecule has 0 aromatic heterocycles. The summed E-state index contributed by atoms with van der Waals surface area (Å²) in [5, 5.41) is 0. The van der Waals surface area contributed by atoms with Crippen LogP contribution in [0.25, 0.3) is 0 Å². The Morgan fingerprint density at radius 1 is 0.267 bits per heavy atom. The fourth-order valence-electron chi connectivity index (χ4n) is 6.14. The third-order valence-electron chi connectivity index (χ3n) is 9.36. The van der Waals surface area contributed by atoms with E-state index in [1.54, 1.807) is 0 Å². The molecule has 0 aliphatic heterocycles. The van der Waals surface area contributed by atoms with Crippen molar-refractivity contribution >= 4 is 0 Å². The summed E-state index contributed by atoms with van der Waals surface area (Å²) in [6.07, 6.45) is 26.6. The molecule has 0 amide bonds. The highest BCUT2D eigenvalue weighted by Crippen LogP contribution is 2.33. The minimum absolute atomic E-state index is 1.07. The molecule has 0 unspecified atom stereocenters. The lowest BCUT2D eigenvalue weighted by molar-refractivity contribution is 0.264. The maximum absolute atomic E-state index is 2.33. The van der Waals surface area contributed by atoms with Crippen LogP contribution in [0.3, 0.4) is 0 Å². The molecule has 0 N–H and O–H groups in total. The van der Waals surface area contributed by atoms with Crippen molar-refractivity contribution in [2.75, 3.05) is 0 Å². The van der Waals surface area contributed by atoms with Crippen LogP contribution in [0.4, 0.5) is 0 Å². The van der Waals surface area contributed by atoms with Crippen LogP contribution in [-0.4, -0.2) is 0 Å². The van der Waals surface area contributed by atoms with E-state index in [2.05, 4.69) is 41.5 Å². The third-order valence-corrected chi connectivity index (χ3v) is 9.36. The summed E-state index contributed by atoms with van der Waals surface area (Å²) >= 11 is 0. The van der Waals surface area contributed by atoms with Crippen LogP contribution in [0.1, 0.15) is 157 Å². The fraction of sp³-hybridized carbons (Fsp3) is 1.00. The number of hydrogen-bond acceptors (Lipinski definition) is 0. The topological polar surface area (TPSA) is 0 Å². The van der Waals surface area contributed by atoms with Gasteiger partial charge in [0.25, 0.3) is 0 Å². The first kappa shape index (κ1) is 28.0. The maximum atomic E-state index is 2.33. The predicted molar refractivity (Wildman–Crippen MR) is 138 cm³/mol. The molecule has 0 spiro atoms. The van der Waals surface area contributed by atoms with Crippen LogP contribution in [0, 0.1) is 35.5 Å². The summed E-state index contributed by atoms with van der Waals surface area (Å²) in [6.45, 7) is 14.0. The Morgan fingerprint density at radius 2 is 0.367 bits per heavy atom. The molecule has 3 aliphatic rings. The van der Waals surface area contributed by atoms with E-state index in [1.807, 2.05) is 0 Å². The van der Waals surface area contributed by atoms with Crippen LogP contribution >= 0.6 is 0 Å². The zero-order valence-electron chi connectivity index (χ0n) is 22.2. The second-order valence-corrected chi connectivity index (χ2v) is 11.1. The smallest absolute Gasteiger partial charge is 0.0417 e. The normalized spacial score (nSPS) is 34.2. The second-order valence-electron chi connectivity index (χ2n) is 11.1. The molecule has 0 radical (unpaired) electrons. The van der Waals surface area contributed by atoms with Gasteiger partial charge in [0.05, 0.1) is 0 Å². The lowest BCUT2D eigenvalue weighted by Gasteiger charge is -2.26. The van der Waals surface area contributed by atoms with Crippen molar-refractivity contribution in [1.82, 2.24) is 0 Å². The Bertz CT molecular complexity index is 255. The lowest BCUT2D eigenvalue weighted by atomic mass is 9.80. The molecule has 0 aromatic carbocycles. The third kappa shape index (κ3) is 11.6.